The van der Waals surface area contributed by atoms with E-state index in [1.165, 1.54) is 11.9 Å². The summed E-state index contributed by atoms with van der Waals surface area (Å²) in [6, 6.07) is 1.75. The van der Waals surface area contributed by atoms with Gasteiger partial charge in [-0.05, 0) is 19.1 Å². The molecule has 2 N–H and O–H groups in total. The average molecular weight is 351 g/mol. The summed E-state index contributed by atoms with van der Waals surface area (Å²) in [5.74, 6) is -2.57. The van der Waals surface area contributed by atoms with Crippen LogP contribution in [-0.4, -0.2) is 28.9 Å². The summed E-state index contributed by atoms with van der Waals surface area (Å²) in [6.45, 7) is 1.70. The van der Waals surface area contributed by atoms with E-state index in [1.807, 2.05) is 0 Å². The zero-order valence-electron chi connectivity index (χ0n) is 10.4. The lowest BCUT2D eigenvalue weighted by Crippen LogP contribution is -2.38. The maximum Gasteiger partial charge on any atom is 0.259 e. The van der Waals surface area contributed by atoms with Crippen molar-refractivity contribution in [1.82, 2.24) is 4.90 Å². The molecule has 0 saturated heterocycles. The Morgan fingerprint density at radius 3 is 2.37 bits per heavy atom. The number of hydrogen-bond acceptors (Lipinski definition) is 2. The second-order valence-electron chi connectivity index (χ2n) is 4.18. The van der Waals surface area contributed by atoms with E-state index >= 15 is 0 Å². The number of carbonyl (C=O) groups excluding carboxylic acids is 1. The molecule has 1 amide bonds. The predicted molar refractivity (Wildman–Crippen MR) is 77.0 cm³/mol. The third kappa shape index (κ3) is 3.94. The zero-order chi connectivity index (χ0) is 14.7. The molecule has 0 bridgehead atoms. The third-order valence-electron chi connectivity index (χ3n) is 2.70. The van der Waals surface area contributed by atoms with Crippen molar-refractivity contribution >= 4 is 39.0 Å². The second kappa shape index (κ2) is 6.38. The minimum atomic E-state index is -0.911. The number of halogens is 3. The molecule has 1 aromatic rings. The van der Waals surface area contributed by atoms with Crippen LogP contribution in [0, 0.1) is 11.6 Å². The summed E-state index contributed by atoms with van der Waals surface area (Å²) in [7, 11) is 1.45. The molecule has 0 saturated carbocycles. The number of thiocarbonyl (C=S) groups is 1. The van der Waals surface area contributed by atoms with Gasteiger partial charge in [-0.1, -0.05) is 28.1 Å². The summed E-state index contributed by atoms with van der Waals surface area (Å²) in [5.41, 5.74) is 4.81. The number of nitrogens with zero attached hydrogens (tertiary/aromatic N) is 1. The van der Waals surface area contributed by atoms with Gasteiger partial charge in [0.15, 0.2) is 0 Å². The molecule has 19 heavy (non-hydrogen) atoms. The van der Waals surface area contributed by atoms with Crippen molar-refractivity contribution in [3.63, 3.8) is 0 Å². The molecule has 7 heteroatoms. The fourth-order valence-electron chi connectivity index (χ4n) is 1.55. The maximum atomic E-state index is 13.7. The fraction of sp³-hybridized carbons (Fsp3) is 0.333. The van der Waals surface area contributed by atoms with Crippen molar-refractivity contribution in [3.05, 3.63) is 33.8 Å². The van der Waals surface area contributed by atoms with Gasteiger partial charge in [0, 0.05) is 24.0 Å². The van der Waals surface area contributed by atoms with Crippen LogP contribution in [0.5, 0.6) is 0 Å². The highest BCUT2D eigenvalue weighted by atomic mass is 79.9. The van der Waals surface area contributed by atoms with E-state index < -0.39 is 23.1 Å². The number of hydrogen-bond donors (Lipinski definition) is 1. The largest absolute Gasteiger partial charge is 0.393 e. The number of nitrogens with two attached hydrogens (primary N) is 1. The van der Waals surface area contributed by atoms with Crippen LogP contribution in [0.25, 0.3) is 0 Å². The Kier molecular flexibility index (Phi) is 5.37. The molecule has 1 aromatic carbocycles. The highest BCUT2D eigenvalue weighted by Gasteiger charge is 2.24. The van der Waals surface area contributed by atoms with Gasteiger partial charge in [0.1, 0.15) is 17.2 Å². The Hall–Kier alpha value is -1.08. The van der Waals surface area contributed by atoms with Crippen molar-refractivity contribution in [1.29, 1.82) is 0 Å². The summed E-state index contributed by atoms with van der Waals surface area (Å²) >= 11 is 7.70. The Bertz CT molecular complexity index is 501. The van der Waals surface area contributed by atoms with E-state index in [-0.39, 0.29) is 21.9 Å². The van der Waals surface area contributed by atoms with E-state index in [0.717, 1.165) is 12.1 Å². The maximum absolute atomic E-state index is 13.7. The Labute approximate surface area is 123 Å². The number of amides is 1. The van der Waals surface area contributed by atoms with Gasteiger partial charge in [0.2, 0.25) is 0 Å². The fourth-order valence-corrected chi connectivity index (χ4v) is 2.19. The van der Waals surface area contributed by atoms with Crippen LogP contribution in [-0.2, 0) is 0 Å². The summed E-state index contributed by atoms with van der Waals surface area (Å²) in [5, 5.41) is 0. The molecule has 104 valence electrons. The number of carbonyl (C=O) groups is 1. The third-order valence-corrected chi connectivity index (χ3v) is 3.32. The standard InChI is InChI=1S/C12H13BrF2N2OS/c1-6(3-10(16)19)17(2)12(18)11-8(14)4-7(13)5-9(11)15/h4-6H,3H2,1-2H3,(H2,16,19). The monoisotopic (exact) mass is 350 g/mol. The molecule has 0 fully saturated rings. The van der Waals surface area contributed by atoms with Gasteiger partial charge < -0.3 is 10.6 Å². The zero-order valence-corrected chi connectivity index (χ0v) is 12.8. The van der Waals surface area contributed by atoms with Gasteiger partial charge in [-0.15, -0.1) is 0 Å². The smallest absolute Gasteiger partial charge is 0.259 e. The molecular weight excluding hydrogens is 338 g/mol. The molecular formula is C12H13BrF2N2OS. The van der Waals surface area contributed by atoms with E-state index in [0.29, 0.717) is 0 Å². The minimum Gasteiger partial charge on any atom is -0.393 e. The molecule has 0 spiro atoms. The lowest BCUT2D eigenvalue weighted by molar-refractivity contribution is 0.0738. The predicted octanol–water partition coefficient (Wildman–Crippen LogP) is 2.86. The van der Waals surface area contributed by atoms with Crippen LogP contribution in [0.2, 0.25) is 0 Å². The summed E-state index contributed by atoms with van der Waals surface area (Å²) in [4.78, 5) is 13.5. The van der Waals surface area contributed by atoms with Crippen LogP contribution in [0.3, 0.4) is 0 Å². The first-order valence-corrected chi connectivity index (χ1v) is 6.64. The molecule has 3 nitrogen and oxygen atoms in total. The Morgan fingerprint density at radius 1 is 1.47 bits per heavy atom. The van der Waals surface area contributed by atoms with E-state index in [1.54, 1.807) is 6.92 Å². The molecule has 1 unspecified atom stereocenters. The normalized spacial score (nSPS) is 12.1. The minimum absolute atomic E-state index is 0.234. The highest BCUT2D eigenvalue weighted by molar-refractivity contribution is 9.10. The van der Waals surface area contributed by atoms with Gasteiger partial charge in [0.05, 0.1) is 4.99 Å². The molecule has 1 rings (SSSR count). The Balaban J connectivity index is 3.04. The summed E-state index contributed by atoms with van der Waals surface area (Å²) < 4.78 is 27.6. The molecule has 0 aromatic heterocycles. The van der Waals surface area contributed by atoms with Gasteiger partial charge in [0.25, 0.3) is 5.91 Å². The van der Waals surface area contributed by atoms with Crippen molar-refractivity contribution in [3.8, 4) is 0 Å². The summed E-state index contributed by atoms with van der Waals surface area (Å²) in [6.07, 6.45) is 0.289. The molecule has 0 radical (unpaired) electrons. The highest BCUT2D eigenvalue weighted by Crippen LogP contribution is 2.21. The number of rotatable bonds is 4. The number of benzene rings is 1. The Morgan fingerprint density at radius 2 is 1.95 bits per heavy atom. The molecule has 0 aliphatic carbocycles. The van der Waals surface area contributed by atoms with Gasteiger partial charge in [-0.3, -0.25) is 4.79 Å². The lowest BCUT2D eigenvalue weighted by Gasteiger charge is -2.25. The van der Waals surface area contributed by atoms with Gasteiger partial charge in [-0.25, -0.2) is 8.78 Å². The van der Waals surface area contributed by atoms with Crippen molar-refractivity contribution < 1.29 is 13.6 Å². The van der Waals surface area contributed by atoms with Crippen LogP contribution in [0.15, 0.2) is 16.6 Å². The molecule has 0 aliphatic rings. The SMILES string of the molecule is CC(CC(N)=S)N(C)C(=O)c1c(F)cc(Br)cc1F. The van der Waals surface area contributed by atoms with Gasteiger partial charge >= 0.3 is 0 Å². The topological polar surface area (TPSA) is 46.3 Å². The first-order chi connectivity index (χ1) is 8.73. The average Bonchev–Trinajstić information content (AvgIpc) is 2.25. The van der Waals surface area contributed by atoms with Crippen molar-refractivity contribution in [2.24, 2.45) is 5.73 Å². The second-order valence-corrected chi connectivity index (χ2v) is 5.62. The van der Waals surface area contributed by atoms with Crippen LogP contribution in [0.4, 0.5) is 8.78 Å². The first-order valence-electron chi connectivity index (χ1n) is 5.44. The molecule has 0 aliphatic heterocycles. The van der Waals surface area contributed by atoms with Crippen LogP contribution in [0.1, 0.15) is 23.7 Å². The first kappa shape index (κ1) is 16.0. The van der Waals surface area contributed by atoms with E-state index in [4.69, 9.17) is 18.0 Å². The van der Waals surface area contributed by atoms with Crippen LogP contribution < -0.4 is 5.73 Å². The van der Waals surface area contributed by atoms with E-state index in [2.05, 4.69) is 15.9 Å². The van der Waals surface area contributed by atoms with Gasteiger partial charge in [-0.2, -0.15) is 0 Å². The van der Waals surface area contributed by atoms with Crippen molar-refractivity contribution in [2.75, 3.05) is 7.05 Å². The lowest BCUT2D eigenvalue weighted by atomic mass is 10.1. The van der Waals surface area contributed by atoms with E-state index in [9.17, 15) is 13.6 Å². The molecule has 0 heterocycles. The van der Waals surface area contributed by atoms with Crippen molar-refractivity contribution in [2.45, 2.75) is 19.4 Å². The van der Waals surface area contributed by atoms with Crippen LogP contribution >= 0.6 is 28.1 Å². The molecule has 1 atom stereocenters. The quantitative estimate of drug-likeness (QED) is 0.849.